The van der Waals surface area contributed by atoms with E-state index in [4.69, 9.17) is 4.74 Å². The molecule has 2 atom stereocenters. The Morgan fingerprint density at radius 2 is 1.96 bits per heavy atom. The van der Waals surface area contributed by atoms with Crippen LogP contribution in [0.1, 0.15) is 38.9 Å². The van der Waals surface area contributed by atoms with E-state index in [2.05, 4.69) is 10.3 Å². The van der Waals surface area contributed by atoms with Crippen LogP contribution in [0.5, 0.6) is 0 Å². The highest BCUT2D eigenvalue weighted by atomic mass is 16.6. The molecule has 0 fully saturated rings. The molecule has 3 N–H and O–H groups in total. The molecule has 1 amide bonds. The number of aliphatic hydroxyl groups excluding tert-OH is 2. The van der Waals surface area contributed by atoms with Crippen molar-refractivity contribution in [3.05, 3.63) is 42.2 Å². The summed E-state index contributed by atoms with van der Waals surface area (Å²) in [5, 5.41) is 24.9. The van der Waals surface area contributed by atoms with Crippen LogP contribution in [0, 0.1) is 0 Å². The van der Waals surface area contributed by atoms with Gasteiger partial charge in [0, 0.05) is 29.9 Å². The van der Waals surface area contributed by atoms with Gasteiger partial charge in [-0.1, -0.05) is 24.3 Å². The molecule has 1 heterocycles. The minimum atomic E-state index is -1.08. The first-order chi connectivity index (χ1) is 11.3. The van der Waals surface area contributed by atoms with Gasteiger partial charge in [-0.05, 0) is 32.6 Å². The third-order valence-corrected chi connectivity index (χ3v) is 3.49. The van der Waals surface area contributed by atoms with E-state index in [9.17, 15) is 15.0 Å². The molecule has 1 aromatic carbocycles. The Balaban J connectivity index is 1.94. The standard InChI is InChI=1S/C18H24N2O4/c1-18(2,3)24-17(23)20-9-8-15(21)16(22)14-11-19-10-12-6-4-5-7-13(12)14/h4-7,10-11,15-16,21-22H,8-9H2,1-3H3,(H,20,23). The molecule has 130 valence electrons. The summed E-state index contributed by atoms with van der Waals surface area (Å²) >= 11 is 0. The Hall–Kier alpha value is -2.18. The average Bonchev–Trinajstić information content (AvgIpc) is 2.51. The number of carbonyl (C=O) groups is 1. The number of nitrogens with zero attached hydrogens (tertiary/aromatic N) is 1. The van der Waals surface area contributed by atoms with E-state index in [1.54, 1.807) is 33.2 Å². The van der Waals surface area contributed by atoms with E-state index in [0.717, 1.165) is 10.8 Å². The number of hydrogen-bond acceptors (Lipinski definition) is 5. The lowest BCUT2D eigenvalue weighted by molar-refractivity contribution is 0.0129. The Kier molecular flexibility index (Phi) is 5.75. The number of aliphatic hydroxyl groups is 2. The molecule has 0 saturated heterocycles. The lowest BCUT2D eigenvalue weighted by Crippen LogP contribution is -2.34. The number of hydrogen-bond donors (Lipinski definition) is 3. The van der Waals surface area contributed by atoms with Crippen LogP contribution < -0.4 is 5.32 Å². The summed E-state index contributed by atoms with van der Waals surface area (Å²) in [6, 6.07) is 7.53. The van der Waals surface area contributed by atoms with Crippen LogP contribution in [-0.2, 0) is 4.74 Å². The summed E-state index contributed by atoms with van der Waals surface area (Å²) in [6.07, 6.45) is 0.816. The summed E-state index contributed by atoms with van der Waals surface area (Å²) in [4.78, 5) is 15.7. The number of alkyl carbamates (subject to hydrolysis) is 1. The monoisotopic (exact) mass is 332 g/mol. The first-order valence-corrected chi connectivity index (χ1v) is 7.93. The van der Waals surface area contributed by atoms with Crippen LogP contribution in [-0.4, -0.2) is 39.5 Å². The molecule has 0 saturated carbocycles. The summed E-state index contributed by atoms with van der Waals surface area (Å²) in [6.45, 7) is 5.53. The van der Waals surface area contributed by atoms with Crippen molar-refractivity contribution in [1.82, 2.24) is 10.3 Å². The number of ether oxygens (including phenoxy) is 1. The van der Waals surface area contributed by atoms with Crippen molar-refractivity contribution < 1.29 is 19.7 Å². The molecule has 2 aromatic rings. The van der Waals surface area contributed by atoms with Gasteiger partial charge >= 0.3 is 6.09 Å². The van der Waals surface area contributed by atoms with Gasteiger partial charge in [-0.2, -0.15) is 0 Å². The molecule has 1 aromatic heterocycles. The molecule has 2 rings (SSSR count). The van der Waals surface area contributed by atoms with E-state index < -0.39 is 23.9 Å². The van der Waals surface area contributed by atoms with Crippen molar-refractivity contribution in [3.63, 3.8) is 0 Å². The van der Waals surface area contributed by atoms with E-state index >= 15 is 0 Å². The van der Waals surface area contributed by atoms with Crippen molar-refractivity contribution in [3.8, 4) is 0 Å². The highest BCUT2D eigenvalue weighted by molar-refractivity contribution is 5.84. The topological polar surface area (TPSA) is 91.7 Å². The van der Waals surface area contributed by atoms with Crippen LogP contribution in [0.25, 0.3) is 10.8 Å². The Bertz CT molecular complexity index is 691. The fourth-order valence-electron chi connectivity index (χ4n) is 2.38. The molecule has 6 nitrogen and oxygen atoms in total. The summed E-state index contributed by atoms with van der Waals surface area (Å²) in [5.74, 6) is 0. The van der Waals surface area contributed by atoms with Gasteiger partial charge in [-0.15, -0.1) is 0 Å². The van der Waals surface area contributed by atoms with Gasteiger partial charge in [-0.25, -0.2) is 4.79 Å². The Morgan fingerprint density at radius 3 is 2.67 bits per heavy atom. The van der Waals surface area contributed by atoms with Crippen molar-refractivity contribution in [2.45, 2.75) is 45.0 Å². The zero-order valence-corrected chi connectivity index (χ0v) is 14.2. The van der Waals surface area contributed by atoms with Gasteiger partial charge in [0.25, 0.3) is 0 Å². The van der Waals surface area contributed by atoms with Gasteiger partial charge < -0.3 is 20.3 Å². The fraction of sp³-hybridized carbons (Fsp3) is 0.444. The molecule has 0 aliphatic heterocycles. The lowest BCUT2D eigenvalue weighted by Gasteiger charge is -2.21. The molecule has 24 heavy (non-hydrogen) atoms. The maximum atomic E-state index is 11.6. The van der Waals surface area contributed by atoms with Crippen LogP contribution in [0.2, 0.25) is 0 Å². The maximum Gasteiger partial charge on any atom is 0.407 e. The highest BCUT2D eigenvalue weighted by Crippen LogP contribution is 2.26. The van der Waals surface area contributed by atoms with E-state index in [1.165, 1.54) is 0 Å². The minimum absolute atomic E-state index is 0.198. The highest BCUT2D eigenvalue weighted by Gasteiger charge is 2.21. The van der Waals surface area contributed by atoms with Crippen LogP contribution in [0.15, 0.2) is 36.7 Å². The molecule has 0 spiro atoms. The van der Waals surface area contributed by atoms with Gasteiger partial charge in [0.15, 0.2) is 0 Å². The smallest absolute Gasteiger partial charge is 0.407 e. The molecule has 6 heteroatoms. The summed E-state index contributed by atoms with van der Waals surface area (Å²) in [5.41, 5.74) is -0.00511. The van der Waals surface area contributed by atoms with Crippen molar-refractivity contribution >= 4 is 16.9 Å². The normalized spacial score (nSPS) is 14.2. The predicted molar refractivity (Wildman–Crippen MR) is 91.6 cm³/mol. The minimum Gasteiger partial charge on any atom is -0.444 e. The summed E-state index contributed by atoms with van der Waals surface area (Å²) in [7, 11) is 0. The first-order valence-electron chi connectivity index (χ1n) is 7.93. The number of amides is 1. The Morgan fingerprint density at radius 1 is 1.25 bits per heavy atom. The van der Waals surface area contributed by atoms with Crippen LogP contribution in [0.3, 0.4) is 0 Å². The van der Waals surface area contributed by atoms with Crippen molar-refractivity contribution in [2.24, 2.45) is 0 Å². The number of rotatable bonds is 5. The van der Waals surface area contributed by atoms with E-state index in [0.29, 0.717) is 5.56 Å². The predicted octanol–water partition coefficient (Wildman–Crippen LogP) is 2.54. The van der Waals surface area contributed by atoms with Crippen LogP contribution >= 0.6 is 0 Å². The SMILES string of the molecule is CC(C)(C)OC(=O)NCCC(O)C(O)c1cncc2ccccc12. The number of aromatic nitrogens is 1. The van der Waals surface area contributed by atoms with Crippen LogP contribution in [0.4, 0.5) is 4.79 Å². The first kappa shape index (κ1) is 18.2. The fourth-order valence-corrected chi connectivity index (χ4v) is 2.38. The summed E-state index contributed by atoms with van der Waals surface area (Å²) < 4.78 is 5.12. The molecule has 2 unspecified atom stereocenters. The number of benzene rings is 1. The molecule has 0 bridgehead atoms. The zero-order valence-electron chi connectivity index (χ0n) is 14.2. The van der Waals surface area contributed by atoms with Crippen molar-refractivity contribution in [1.29, 1.82) is 0 Å². The molecular formula is C18H24N2O4. The molecule has 0 aliphatic rings. The molecule has 0 aliphatic carbocycles. The largest absolute Gasteiger partial charge is 0.444 e. The maximum absolute atomic E-state index is 11.6. The van der Waals surface area contributed by atoms with Gasteiger partial charge in [-0.3, -0.25) is 4.98 Å². The molecule has 0 radical (unpaired) electrons. The second-order valence-electron chi connectivity index (χ2n) is 6.68. The van der Waals surface area contributed by atoms with E-state index in [1.807, 2.05) is 24.3 Å². The van der Waals surface area contributed by atoms with E-state index in [-0.39, 0.29) is 13.0 Å². The second kappa shape index (κ2) is 7.59. The third kappa shape index (κ3) is 4.91. The third-order valence-electron chi connectivity index (χ3n) is 3.49. The molecular weight excluding hydrogens is 308 g/mol. The number of fused-ring (bicyclic) bond motifs is 1. The van der Waals surface area contributed by atoms with Crippen molar-refractivity contribution in [2.75, 3.05) is 6.54 Å². The number of nitrogens with one attached hydrogen (secondary N) is 1. The zero-order chi connectivity index (χ0) is 17.7. The number of pyridine rings is 1. The average molecular weight is 332 g/mol. The number of carbonyl (C=O) groups excluding carboxylic acids is 1. The van der Waals surface area contributed by atoms with Gasteiger partial charge in [0.2, 0.25) is 0 Å². The lowest BCUT2D eigenvalue weighted by atomic mass is 9.98. The quantitative estimate of drug-likeness (QED) is 0.782. The van der Waals surface area contributed by atoms with Gasteiger partial charge in [0.05, 0.1) is 6.10 Å². The second-order valence-corrected chi connectivity index (χ2v) is 6.68. The van der Waals surface area contributed by atoms with Gasteiger partial charge in [0.1, 0.15) is 11.7 Å². The Labute approximate surface area is 141 Å².